The average Bonchev–Trinajstić information content (AvgIpc) is 3.19. The molecule has 6 rings (SSSR count). The van der Waals surface area contributed by atoms with Crippen LogP contribution in [0.4, 0.5) is 0 Å². The van der Waals surface area contributed by atoms with Gasteiger partial charge in [0.1, 0.15) is 34.5 Å². The number of carboxylic acids is 6. The van der Waals surface area contributed by atoms with Crippen LogP contribution in [0.5, 0.6) is 34.5 Å². The number of carbonyl (C=O) groups is 6. The normalized spacial score (nSPS) is 10.7. The molecule has 290 valence electrons. The van der Waals surface area contributed by atoms with E-state index in [1.165, 1.54) is 18.2 Å². The second-order valence-corrected chi connectivity index (χ2v) is 12.4. The molecule has 0 atom stereocenters. The van der Waals surface area contributed by atoms with Crippen LogP contribution in [0.15, 0.2) is 127 Å². The molecule has 0 amide bonds. The van der Waals surface area contributed by atoms with Gasteiger partial charge in [0.15, 0.2) is 0 Å². The summed E-state index contributed by atoms with van der Waals surface area (Å²) in [7, 11) is 0. The lowest BCUT2D eigenvalue weighted by Gasteiger charge is -2.20. The molecule has 0 unspecified atom stereocenters. The molecule has 0 bridgehead atoms. The number of carboxylic acid groups (broad SMARTS) is 6. The quantitative estimate of drug-likeness (QED) is 0.0534. The summed E-state index contributed by atoms with van der Waals surface area (Å²) in [5.74, 6) is -7.71. The zero-order valence-corrected chi connectivity index (χ0v) is 29.6. The molecule has 0 aliphatic rings. The van der Waals surface area contributed by atoms with Gasteiger partial charge in [0.25, 0.3) is 0 Å². The predicted octanol–water partition coefficient (Wildman–Crippen LogP) is 8.43. The maximum Gasteiger partial charge on any atom is 0.336 e. The number of rotatable bonds is 15. The van der Waals surface area contributed by atoms with E-state index in [9.17, 15) is 59.4 Å². The summed E-state index contributed by atoms with van der Waals surface area (Å²) < 4.78 is 17.6. The van der Waals surface area contributed by atoms with Crippen molar-refractivity contribution in [2.75, 3.05) is 0 Å². The van der Waals surface area contributed by atoms with E-state index in [1.807, 2.05) is 0 Å². The minimum Gasteiger partial charge on any atom is -0.478 e. The first-order valence-corrected chi connectivity index (χ1v) is 16.8. The van der Waals surface area contributed by atoms with Crippen molar-refractivity contribution in [2.45, 2.75) is 5.92 Å². The highest BCUT2D eigenvalue weighted by molar-refractivity contribution is 6.03. The van der Waals surface area contributed by atoms with Crippen molar-refractivity contribution < 1.29 is 73.6 Å². The molecule has 0 saturated carbocycles. The summed E-state index contributed by atoms with van der Waals surface area (Å²) in [4.78, 5) is 69.4. The molecule has 6 aromatic carbocycles. The third-order valence-electron chi connectivity index (χ3n) is 8.70. The first-order chi connectivity index (χ1) is 27.7. The van der Waals surface area contributed by atoms with Crippen LogP contribution in [0.2, 0.25) is 0 Å². The Kier molecular flexibility index (Phi) is 11.2. The van der Waals surface area contributed by atoms with Crippen LogP contribution in [-0.4, -0.2) is 66.5 Å². The maximum absolute atomic E-state index is 11.7. The summed E-state index contributed by atoms with van der Waals surface area (Å²) in [5, 5.41) is 56.5. The van der Waals surface area contributed by atoms with E-state index in [0.29, 0.717) is 17.2 Å². The van der Waals surface area contributed by atoms with Crippen LogP contribution in [0.25, 0.3) is 0 Å². The van der Waals surface area contributed by atoms with Crippen molar-refractivity contribution in [3.05, 3.63) is 177 Å². The van der Waals surface area contributed by atoms with E-state index in [0.717, 1.165) is 53.1 Å². The van der Waals surface area contributed by atoms with Crippen LogP contribution in [0.3, 0.4) is 0 Å². The topological polar surface area (TPSA) is 251 Å². The van der Waals surface area contributed by atoms with E-state index >= 15 is 0 Å². The SMILES string of the molecule is O=C(O)c1ccc(Oc2ccc(C(c3ccc(Oc4ccc(C(=O)O)c(C(=O)O)c4)cc3)c3ccc(Oc4ccc(C(=O)O)c(C(=O)O)c4)cc3)cc2)cc1C(=O)O. The van der Waals surface area contributed by atoms with Crippen molar-refractivity contribution in [2.24, 2.45) is 0 Å². The molecule has 0 radical (unpaired) electrons. The fourth-order valence-corrected chi connectivity index (χ4v) is 6.02. The van der Waals surface area contributed by atoms with E-state index in [4.69, 9.17) is 14.2 Å². The predicted molar refractivity (Wildman–Crippen MR) is 202 cm³/mol. The van der Waals surface area contributed by atoms with Gasteiger partial charge >= 0.3 is 35.8 Å². The van der Waals surface area contributed by atoms with Gasteiger partial charge in [-0.2, -0.15) is 0 Å². The number of aromatic carboxylic acids is 6. The zero-order chi connectivity index (χ0) is 41.7. The average molecular weight is 785 g/mol. The van der Waals surface area contributed by atoms with Crippen molar-refractivity contribution >= 4 is 35.8 Å². The van der Waals surface area contributed by atoms with Crippen molar-refractivity contribution in [3.63, 3.8) is 0 Å². The third kappa shape index (κ3) is 8.74. The molecular weight excluding hydrogens is 756 g/mol. The first kappa shape index (κ1) is 39.2. The van der Waals surface area contributed by atoms with Gasteiger partial charge in [-0.25, -0.2) is 28.8 Å². The van der Waals surface area contributed by atoms with E-state index in [2.05, 4.69) is 0 Å². The molecule has 6 aromatic rings. The van der Waals surface area contributed by atoms with Gasteiger partial charge in [-0.15, -0.1) is 0 Å². The molecule has 0 aliphatic heterocycles. The van der Waals surface area contributed by atoms with Crippen molar-refractivity contribution in [3.8, 4) is 34.5 Å². The lowest BCUT2D eigenvalue weighted by molar-refractivity contribution is 0.0651. The highest BCUT2D eigenvalue weighted by atomic mass is 16.5. The summed E-state index contributed by atoms with van der Waals surface area (Å²) >= 11 is 0. The van der Waals surface area contributed by atoms with Crippen molar-refractivity contribution in [1.29, 1.82) is 0 Å². The first-order valence-electron chi connectivity index (χ1n) is 16.8. The smallest absolute Gasteiger partial charge is 0.336 e. The highest BCUT2D eigenvalue weighted by Crippen LogP contribution is 2.37. The Hall–Kier alpha value is -8.46. The Morgan fingerprint density at radius 2 is 0.500 bits per heavy atom. The number of hydrogen-bond acceptors (Lipinski definition) is 9. The van der Waals surface area contributed by atoms with E-state index < -0.39 is 75.1 Å². The molecule has 6 N–H and O–H groups in total. The van der Waals surface area contributed by atoms with Gasteiger partial charge in [-0.3, -0.25) is 0 Å². The molecule has 0 aromatic heterocycles. The maximum atomic E-state index is 11.7. The van der Waals surface area contributed by atoms with Gasteiger partial charge in [0, 0.05) is 5.92 Å². The van der Waals surface area contributed by atoms with Gasteiger partial charge < -0.3 is 44.8 Å². The lowest BCUT2D eigenvalue weighted by Crippen LogP contribution is -2.08. The lowest BCUT2D eigenvalue weighted by atomic mass is 9.85. The fourth-order valence-electron chi connectivity index (χ4n) is 6.02. The minimum absolute atomic E-state index is 0.0963. The van der Waals surface area contributed by atoms with Crippen LogP contribution in [0.1, 0.15) is 84.8 Å². The number of hydrogen-bond donors (Lipinski definition) is 6. The van der Waals surface area contributed by atoms with Crippen LogP contribution in [0, 0.1) is 0 Å². The highest BCUT2D eigenvalue weighted by Gasteiger charge is 2.22. The second kappa shape index (κ2) is 16.5. The van der Waals surface area contributed by atoms with Crippen molar-refractivity contribution in [1.82, 2.24) is 0 Å². The molecule has 15 heteroatoms. The monoisotopic (exact) mass is 784 g/mol. The summed E-state index contributed by atoms with van der Waals surface area (Å²) in [5.41, 5.74) is -0.245. The van der Waals surface area contributed by atoms with E-state index in [-0.39, 0.29) is 17.2 Å². The standard InChI is InChI=1S/C43H28O15/c44-38(45)31-16-13-28(19-34(31)41(50)51)56-25-7-1-22(2-8-25)37(23-3-9-26(10-4-23)57-29-14-17-32(39(46)47)35(20-29)42(52)53)24-5-11-27(12-6-24)58-30-15-18-33(40(48)49)36(21-30)43(54)55/h1-21,37H,(H,44,45)(H,46,47)(H,48,49)(H,50,51)(H,52,53)(H,54,55). The molecule has 58 heavy (non-hydrogen) atoms. The molecule has 0 spiro atoms. The minimum atomic E-state index is -1.43. The van der Waals surface area contributed by atoms with Crippen LogP contribution in [-0.2, 0) is 0 Å². The summed E-state index contributed by atoms with van der Waals surface area (Å²) in [6.07, 6.45) is 0. The Morgan fingerprint density at radius 1 is 0.293 bits per heavy atom. The molecule has 0 aliphatic carbocycles. The van der Waals surface area contributed by atoms with Gasteiger partial charge in [0.2, 0.25) is 0 Å². The number of benzene rings is 6. The second-order valence-electron chi connectivity index (χ2n) is 12.4. The Balaban J connectivity index is 1.31. The van der Waals surface area contributed by atoms with Crippen LogP contribution >= 0.6 is 0 Å². The molecule has 0 saturated heterocycles. The fraction of sp³-hybridized carbons (Fsp3) is 0.0233. The molecule has 0 heterocycles. The Labute approximate surface area is 326 Å². The Morgan fingerprint density at radius 3 is 0.707 bits per heavy atom. The number of ether oxygens (including phenoxy) is 3. The van der Waals surface area contributed by atoms with Gasteiger partial charge in [0.05, 0.1) is 33.4 Å². The summed E-state index contributed by atoms with van der Waals surface area (Å²) in [6.45, 7) is 0. The molecular formula is C43H28O15. The van der Waals surface area contributed by atoms with Crippen LogP contribution < -0.4 is 14.2 Å². The zero-order valence-electron chi connectivity index (χ0n) is 29.6. The van der Waals surface area contributed by atoms with Gasteiger partial charge in [-0.1, -0.05) is 36.4 Å². The molecule has 0 fully saturated rings. The summed E-state index contributed by atoms with van der Waals surface area (Å²) in [6, 6.07) is 31.3. The van der Waals surface area contributed by atoms with Gasteiger partial charge in [-0.05, 0) is 108 Å². The largest absolute Gasteiger partial charge is 0.478 e. The van der Waals surface area contributed by atoms with E-state index in [1.54, 1.807) is 72.8 Å². The molecule has 15 nitrogen and oxygen atoms in total. The third-order valence-corrected chi connectivity index (χ3v) is 8.70. The Bertz CT molecular complexity index is 2310.